The molecule has 0 amide bonds. The standard InChI is InChI=1S/C28H38FN7/c1-26(2)16-22(17-27(3,4)35-26)33-25-31-12-9-24(34-25)36-13-10-28(11-14-36,23-18-30-19-32-23)15-20-5-7-21(29)8-6-20/h5-9,12,18-19,22,35H,10-11,13-17H2,1-4H3,(H,30,32)(H,31,33,34). The fourth-order valence-electron chi connectivity index (χ4n) is 6.45. The molecule has 2 fully saturated rings. The summed E-state index contributed by atoms with van der Waals surface area (Å²) in [6.45, 7) is 10.8. The Bertz CT molecular complexity index is 1130. The maximum absolute atomic E-state index is 13.5. The van der Waals surface area contributed by atoms with Crippen molar-refractivity contribution in [2.75, 3.05) is 23.3 Å². The molecule has 1 aromatic carbocycles. The fourth-order valence-corrected chi connectivity index (χ4v) is 6.45. The van der Waals surface area contributed by atoms with E-state index in [9.17, 15) is 4.39 Å². The van der Waals surface area contributed by atoms with E-state index in [0.717, 1.165) is 62.3 Å². The molecule has 2 saturated heterocycles. The van der Waals surface area contributed by atoms with Gasteiger partial charge in [0.15, 0.2) is 0 Å². The number of hydrogen-bond donors (Lipinski definition) is 3. The van der Waals surface area contributed by atoms with Gasteiger partial charge in [-0.05, 0) is 83.6 Å². The molecule has 36 heavy (non-hydrogen) atoms. The zero-order chi connectivity index (χ0) is 25.4. The Kier molecular flexibility index (Phi) is 6.49. The number of aromatic amines is 1. The molecule has 7 nitrogen and oxygen atoms in total. The minimum atomic E-state index is -0.200. The molecule has 0 spiro atoms. The molecule has 0 bridgehead atoms. The molecule has 0 unspecified atom stereocenters. The molecule has 0 atom stereocenters. The van der Waals surface area contributed by atoms with Gasteiger partial charge in [0, 0.05) is 53.7 Å². The summed E-state index contributed by atoms with van der Waals surface area (Å²) in [6, 6.07) is 9.20. The Morgan fingerprint density at radius 1 is 1.03 bits per heavy atom. The summed E-state index contributed by atoms with van der Waals surface area (Å²) in [6.07, 6.45) is 10.3. The van der Waals surface area contributed by atoms with Crippen LogP contribution in [0.2, 0.25) is 0 Å². The van der Waals surface area contributed by atoms with E-state index >= 15 is 0 Å². The number of imidazole rings is 1. The van der Waals surface area contributed by atoms with Crippen molar-refractivity contribution in [2.24, 2.45) is 0 Å². The van der Waals surface area contributed by atoms with E-state index in [1.807, 2.05) is 30.6 Å². The van der Waals surface area contributed by atoms with Crippen molar-refractivity contribution >= 4 is 11.8 Å². The van der Waals surface area contributed by atoms with Gasteiger partial charge in [-0.3, -0.25) is 0 Å². The fraction of sp³-hybridized carbons (Fsp3) is 0.536. The number of hydrogen-bond acceptors (Lipinski definition) is 6. The lowest BCUT2D eigenvalue weighted by Crippen LogP contribution is -2.60. The SMILES string of the molecule is CC1(C)CC(Nc2nccc(N3CCC(Cc4ccc(F)cc4)(c4cnc[nH]4)CC3)n2)CC(C)(C)N1. The molecule has 5 rings (SSSR count). The van der Waals surface area contributed by atoms with Crippen LogP contribution in [0, 0.1) is 5.82 Å². The first kappa shape index (κ1) is 24.7. The molecule has 3 aromatic rings. The van der Waals surface area contributed by atoms with Gasteiger partial charge in [-0.1, -0.05) is 12.1 Å². The van der Waals surface area contributed by atoms with E-state index in [4.69, 9.17) is 4.98 Å². The number of benzene rings is 1. The van der Waals surface area contributed by atoms with E-state index < -0.39 is 0 Å². The van der Waals surface area contributed by atoms with Crippen molar-refractivity contribution in [1.82, 2.24) is 25.3 Å². The van der Waals surface area contributed by atoms with Crippen molar-refractivity contribution in [3.63, 3.8) is 0 Å². The minimum Gasteiger partial charge on any atom is -0.356 e. The lowest BCUT2D eigenvalue weighted by Gasteiger charge is -2.46. The number of nitrogens with one attached hydrogen (secondary N) is 3. The van der Waals surface area contributed by atoms with Gasteiger partial charge in [0.25, 0.3) is 0 Å². The van der Waals surface area contributed by atoms with Crippen LogP contribution < -0.4 is 15.5 Å². The zero-order valence-electron chi connectivity index (χ0n) is 21.8. The number of anilines is 2. The highest BCUT2D eigenvalue weighted by Gasteiger charge is 2.39. The van der Waals surface area contributed by atoms with Crippen molar-refractivity contribution in [3.05, 3.63) is 66.1 Å². The summed E-state index contributed by atoms with van der Waals surface area (Å²) >= 11 is 0. The van der Waals surface area contributed by atoms with Gasteiger partial charge in [0.2, 0.25) is 5.95 Å². The quantitative estimate of drug-likeness (QED) is 0.458. The second kappa shape index (κ2) is 9.47. The third-order valence-corrected chi connectivity index (χ3v) is 7.73. The molecular weight excluding hydrogens is 453 g/mol. The smallest absolute Gasteiger partial charge is 0.224 e. The topological polar surface area (TPSA) is 81.8 Å². The van der Waals surface area contributed by atoms with Crippen molar-refractivity contribution in [2.45, 2.75) is 82.3 Å². The molecule has 0 saturated carbocycles. The Morgan fingerprint density at radius 2 is 1.72 bits per heavy atom. The third kappa shape index (κ3) is 5.53. The monoisotopic (exact) mass is 491 g/mol. The molecule has 192 valence electrons. The lowest BCUT2D eigenvalue weighted by atomic mass is 9.71. The van der Waals surface area contributed by atoms with Crippen LogP contribution >= 0.6 is 0 Å². The van der Waals surface area contributed by atoms with Crippen LogP contribution in [-0.2, 0) is 11.8 Å². The summed E-state index contributed by atoms with van der Waals surface area (Å²) in [5.74, 6) is 1.46. The molecule has 4 heterocycles. The van der Waals surface area contributed by atoms with E-state index in [2.05, 4.69) is 58.2 Å². The number of rotatable bonds is 6. The van der Waals surface area contributed by atoms with Crippen LogP contribution in [0.5, 0.6) is 0 Å². The summed E-state index contributed by atoms with van der Waals surface area (Å²) in [5, 5.41) is 7.35. The molecule has 3 N–H and O–H groups in total. The number of nitrogens with zero attached hydrogens (tertiary/aromatic N) is 4. The van der Waals surface area contributed by atoms with Crippen LogP contribution in [0.25, 0.3) is 0 Å². The lowest BCUT2D eigenvalue weighted by molar-refractivity contribution is 0.170. The van der Waals surface area contributed by atoms with E-state index in [1.54, 1.807) is 18.5 Å². The van der Waals surface area contributed by atoms with Crippen LogP contribution in [0.3, 0.4) is 0 Å². The van der Waals surface area contributed by atoms with Gasteiger partial charge in [0.05, 0.1) is 6.33 Å². The molecule has 0 aliphatic carbocycles. The molecule has 0 radical (unpaired) electrons. The molecular formula is C28H38FN7. The first-order valence-electron chi connectivity index (χ1n) is 13.0. The van der Waals surface area contributed by atoms with Gasteiger partial charge in [0.1, 0.15) is 11.6 Å². The summed E-state index contributed by atoms with van der Waals surface area (Å²) in [5.41, 5.74) is 2.34. The average Bonchev–Trinajstić information content (AvgIpc) is 3.35. The van der Waals surface area contributed by atoms with Gasteiger partial charge in [-0.15, -0.1) is 0 Å². The predicted molar refractivity (Wildman–Crippen MR) is 142 cm³/mol. The Hall–Kier alpha value is -3.00. The zero-order valence-corrected chi connectivity index (χ0v) is 21.8. The normalized spacial score (nSPS) is 21.3. The number of piperidine rings is 2. The van der Waals surface area contributed by atoms with Crippen LogP contribution in [-0.4, -0.2) is 50.1 Å². The highest BCUT2D eigenvalue weighted by atomic mass is 19.1. The minimum absolute atomic E-state index is 0.0599. The highest BCUT2D eigenvalue weighted by molar-refractivity contribution is 5.44. The van der Waals surface area contributed by atoms with Crippen LogP contribution in [0.4, 0.5) is 16.2 Å². The predicted octanol–water partition coefficient (Wildman–Crippen LogP) is 4.84. The van der Waals surface area contributed by atoms with Gasteiger partial charge in [-0.25, -0.2) is 14.4 Å². The highest BCUT2D eigenvalue weighted by Crippen LogP contribution is 2.39. The number of aromatic nitrogens is 4. The molecule has 2 aliphatic rings. The molecule has 8 heteroatoms. The van der Waals surface area contributed by atoms with E-state index in [0.29, 0.717) is 12.0 Å². The summed E-state index contributed by atoms with van der Waals surface area (Å²) in [4.78, 5) is 19.5. The van der Waals surface area contributed by atoms with Crippen LogP contribution in [0.1, 0.15) is 64.6 Å². The first-order chi connectivity index (χ1) is 17.1. The van der Waals surface area contributed by atoms with Gasteiger partial charge < -0.3 is 20.5 Å². The van der Waals surface area contributed by atoms with Crippen molar-refractivity contribution in [1.29, 1.82) is 0 Å². The van der Waals surface area contributed by atoms with Gasteiger partial charge in [-0.2, -0.15) is 4.98 Å². The number of H-pyrrole nitrogens is 1. The Balaban J connectivity index is 1.29. The molecule has 2 aromatic heterocycles. The first-order valence-corrected chi connectivity index (χ1v) is 13.0. The van der Waals surface area contributed by atoms with Crippen molar-refractivity contribution < 1.29 is 4.39 Å². The average molecular weight is 492 g/mol. The second-order valence-corrected chi connectivity index (χ2v) is 11.9. The maximum atomic E-state index is 13.5. The largest absolute Gasteiger partial charge is 0.356 e. The number of halogens is 1. The maximum Gasteiger partial charge on any atom is 0.224 e. The third-order valence-electron chi connectivity index (χ3n) is 7.73. The van der Waals surface area contributed by atoms with E-state index in [-0.39, 0.29) is 22.3 Å². The van der Waals surface area contributed by atoms with E-state index in [1.165, 1.54) is 0 Å². The second-order valence-electron chi connectivity index (χ2n) is 11.9. The molecule has 2 aliphatic heterocycles. The van der Waals surface area contributed by atoms with Crippen molar-refractivity contribution in [3.8, 4) is 0 Å². The summed E-state index contributed by atoms with van der Waals surface area (Å²) in [7, 11) is 0. The van der Waals surface area contributed by atoms with Gasteiger partial charge >= 0.3 is 0 Å². The van der Waals surface area contributed by atoms with Crippen LogP contribution in [0.15, 0.2) is 49.1 Å². The Morgan fingerprint density at radius 3 is 2.36 bits per heavy atom. The summed E-state index contributed by atoms with van der Waals surface area (Å²) < 4.78 is 13.5. The Labute approximate surface area is 213 Å².